The van der Waals surface area contributed by atoms with Gasteiger partial charge in [0.15, 0.2) is 5.78 Å². The molecule has 2 amide bonds. The van der Waals surface area contributed by atoms with E-state index in [-0.39, 0.29) is 23.0 Å². The summed E-state index contributed by atoms with van der Waals surface area (Å²) in [6, 6.07) is 17.7. The lowest BCUT2D eigenvalue weighted by Crippen LogP contribution is -2.27. The quantitative estimate of drug-likeness (QED) is 0.181. The second kappa shape index (κ2) is 11.3. The van der Waals surface area contributed by atoms with Crippen LogP contribution in [0.5, 0.6) is 0 Å². The van der Waals surface area contributed by atoms with Crippen molar-refractivity contribution in [1.29, 1.82) is 0 Å². The lowest BCUT2D eigenvalue weighted by molar-refractivity contribution is -0.115. The number of ketones is 1. The largest absolute Gasteiger partial charge is 0.444 e. The number of anilines is 2. The highest BCUT2D eigenvalue weighted by Gasteiger charge is 2.19. The van der Waals surface area contributed by atoms with Crippen molar-refractivity contribution in [3.05, 3.63) is 90.0 Å². The van der Waals surface area contributed by atoms with Crippen molar-refractivity contribution in [3.8, 4) is 22.5 Å². The standard InChI is InChI=1S/C30H29FN4O4/c1-18-17-32-28(33-18)22-7-5-6-21(14-22)26(36)16-27(37)34-25-15-20(19-8-11-23(31)12-9-19)10-13-24(25)35-29(38)39-30(2,3)4/h5-15,17H,16H2,1-4H3,(H,32,33)(H,34,37)(H,35,38). The van der Waals surface area contributed by atoms with Crippen LogP contribution >= 0.6 is 0 Å². The van der Waals surface area contributed by atoms with E-state index in [1.54, 1.807) is 75.5 Å². The van der Waals surface area contributed by atoms with Gasteiger partial charge in [0.2, 0.25) is 5.91 Å². The number of nitrogens with zero attached hydrogens (tertiary/aromatic N) is 1. The van der Waals surface area contributed by atoms with E-state index >= 15 is 0 Å². The predicted molar refractivity (Wildman–Crippen MR) is 148 cm³/mol. The van der Waals surface area contributed by atoms with Gasteiger partial charge in [0.1, 0.15) is 17.2 Å². The molecule has 0 aliphatic heterocycles. The normalized spacial score (nSPS) is 11.1. The topological polar surface area (TPSA) is 113 Å². The van der Waals surface area contributed by atoms with Gasteiger partial charge in [-0.2, -0.15) is 0 Å². The Morgan fingerprint density at radius 1 is 0.897 bits per heavy atom. The lowest BCUT2D eigenvalue weighted by Gasteiger charge is -2.21. The number of Topliss-reactive ketones (excluding diaryl/α,β-unsaturated/α-hetero) is 1. The molecule has 0 atom stereocenters. The summed E-state index contributed by atoms with van der Waals surface area (Å²) in [5, 5.41) is 5.37. The molecular formula is C30H29FN4O4. The van der Waals surface area contributed by atoms with E-state index in [4.69, 9.17) is 4.74 Å². The van der Waals surface area contributed by atoms with Crippen molar-refractivity contribution in [2.75, 3.05) is 10.6 Å². The number of H-pyrrole nitrogens is 1. The number of benzene rings is 3. The number of halogens is 1. The number of aromatic nitrogens is 2. The van der Waals surface area contributed by atoms with E-state index in [1.165, 1.54) is 12.1 Å². The third-order valence-electron chi connectivity index (χ3n) is 5.59. The Morgan fingerprint density at radius 2 is 1.62 bits per heavy atom. The van der Waals surface area contributed by atoms with Crippen LogP contribution in [0.4, 0.5) is 20.6 Å². The summed E-state index contributed by atoms with van der Waals surface area (Å²) in [7, 11) is 0. The maximum atomic E-state index is 13.4. The fourth-order valence-electron chi connectivity index (χ4n) is 3.84. The van der Waals surface area contributed by atoms with Gasteiger partial charge < -0.3 is 15.0 Å². The SMILES string of the molecule is Cc1c[nH]c(-c2cccc(C(=O)CC(=O)Nc3cc(-c4ccc(F)cc4)ccc3NC(=O)OC(C)(C)C)c2)n1. The molecule has 0 saturated heterocycles. The highest BCUT2D eigenvalue weighted by molar-refractivity contribution is 6.12. The minimum absolute atomic E-state index is 0.264. The molecule has 8 nitrogen and oxygen atoms in total. The number of hydrogen-bond acceptors (Lipinski definition) is 5. The van der Waals surface area contributed by atoms with Gasteiger partial charge in [-0.1, -0.05) is 36.4 Å². The molecule has 0 aliphatic carbocycles. The number of carbonyl (C=O) groups excluding carboxylic acids is 3. The number of carbonyl (C=O) groups is 3. The van der Waals surface area contributed by atoms with Gasteiger partial charge in [-0.25, -0.2) is 14.2 Å². The molecule has 1 heterocycles. The first kappa shape index (κ1) is 27.3. The summed E-state index contributed by atoms with van der Waals surface area (Å²) < 4.78 is 18.8. The fraction of sp³-hybridized carbons (Fsp3) is 0.200. The summed E-state index contributed by atoms with van der Waals surface area (Å²) in [6.45, 7) is 7.07. The van der Waals surface area contributed by atoms with Crippen molar-refractivity contribution in [2.24, 2.45) is 0 Å². The summed E-state index contributed by atoms with van der Waals surface area (Å²) >= 11 is 0. The smallest absolute Gasteiger partial charge is 0.412 e. The predicted octanol–water partition coefficient (Wildman–Crippen LogP) is 6.75. The van der Waals surface area contributed by atoms with Crippen molar-refractivity contribution in [1.82, 2.24) is 9.97 Å². The monoisotopic (exact) mass is 528 g/mol. The van der Waals surface area contributed by atoms with E-state index in [0.29, 0.717) is 22.5 Å². The average Bonchev–Trinajstić information content (AvgIpc) is 3.31. The van der Waals surface area contributed by atoms with E-state index in [0.717, 1.165) is 11.3 Å². The Labute approximate surface area is 225 Å². The number of aromatic amines is 1. The maximum Gasteiger partial charge on any atom is 0.412 e. The van der Waals surface area contributed by atoms with Crippen LogP contribution in [-0.2, 0) is 9.53 Å². The zero-order valence-electron chi connectivity index (χ0n) is 22.1. The number of aryl methyl sites for hydroxylation is 1. The van der Waals surface area contributed by atoms with Crippen molar-refractivity contribution >= 4 is 29.2 Å². The van der Waals surface area contributed by atoms with Gasteiger partial charge >= 0.3 is 6.09 Å². The third-order valence-corrected chi connectivity index (χ3v) is 5.59. The zero-order valence-corrected chi connectivity index (χ0v) is 22.1. The van der Waals surface area contributed by atoms with Crippen LogP contribution in [0.1, 0.15) is 43.2 Å². The van der Waals surface area contributed by atoms with Gasteiger partial charge in [0.05, 0.1) is 23.5 Å². The Kier molecular flexibility index (Phi) is 7.90. The molecule has 0 fully saturated rings. The number of imidazole rings is 1. The average molecular weight is 529 g/mol. The highest BCUT2D eigenvalue weighted by atomic mass is 19.1. The van der Waals surface area contributed by atoms with Crippen LogP contribution in [0, 0.1) is 12.7 Å². The fourth-order valence-corrected chi connectivity index (χ4v) is 3.84. The number of rotatable bonds is 7. The molecule has 4 rings (SSSR count). The molecule has 1 aromatic heterocycles. The van der Waals surface area contributed by atoms with Gasteiger partial charge in [0.25, 0.3) is 0 Å². The molecule has 0 saturated carbocycles. The van der Waals surface area contributed by atoms with Crippen LogP contribution in [0.3, 0.4) is 0 Å². The van der Waals surface area contributed by atoms with Gasteiger partial charge in [-0.15, -0.1) is 0 Å². The van der Waals surface area contributed by atoms with Crippen LogP contribution in [0.15, 0.2) is 72.9 Å². The molecule has 3 aromatic carbocycles. The molecule has 0 radical (unpaired) electrons. The van der Waals surface area contributed by atoms with Gasteiger partial charge in [0, 0.05) is 17.3 Å². The Balaban J connectivity index is 1.55. The van der Waals surface area contributed by atoms with Crippen molar-refractivity contribution in [2.45, 2.75) is 39.7 Å². The molecule has 0 spiro atoms. The number of ether oxygens (including phenoxy) is 1. The minimum Gasteiger partial charge on any atom is -0.444 e. The first-order chi connectivity index (χ1) is 18.5. The van der Waals surface area contributed by atoms with Gasteiger partial charge in [-0.3, -0.25) is 14.9 Å². The van der Waals surface area contributed by atoms with Crippen molar-refractivity contribution < 1.29 is 23.5 Å². The molecule has 3 N–H and O–H groups in total. The van der Waals surface area contributed by atoms with Crippen LogP contribution < -0.4 is 10.6 Å². The summed E-state index contributed by atoms with van der Waals surface area (Å²) in [4.78, 5) is 45.8. The van der Waals surface area contributed by atoms with E-state index < -0.39 is 24.0 Å². The molecule has 200 valence electrons. The first-order valence-corrected chi connectivity index (χ1v) is 12.3. The molecule has 4 aromatic rings. The third kappa shape index (κ3) is 7.38. The van der Waals surface area contributed by atoms with E-state index in [1.807, 2.05) is 13.0 Å². The van der Waals surface area contributed by atoms with E-state index in [2.05, 4.69) is 20.6 Å². The van der Waals surface area contributed by atoms with Gasteiger partial charge in [-0.05, 0) is 69.2 Å². The lowest BCUT2D eigenvalue weighted by atomic mass is 10.0. The Bertz CT molecular complexity index is 1520. The molecule has 0 bridgehead atoms. The zero-order chi connectivity index (χ0) is 28.2. The first-order valence-electron chi connectivity index (χ1n) is 12.3. The summed E-state index contributed by atoms with van der Waals surface area (Å²) in [6.07, 6.45) is 0.640. The molecular weight excluding hydrogens is 499 g/mol. The number of nitrogens with one attached hydrogen (secondary N) is 3. The van der Waals surface area contributed by atoms with E-state index in [9.17, 15) is 18.8 Å². The highest BCUT2D eigenvalue weighted by Crippen LogP contribution is 2.30. The second-order valence-corrected chi connectivity index (χ2v) is 10.0. The minimum atomic E-state index is -0.725. The summed E-state index contributed by atoms with van der Waals surface area (Å²) in [5.74, 6) is -0.695. The molecule has 0 unspecified atom stereocenters. The van der Waals surface area contributed by atoms with Crippen LogP contribution in [0.2, 0.25) is 0 Å². The van der Waals surface area contributed by atoms with Crippen molar-refractivity contribution in [3.63, 3.8) is 0 Å². The second-order valence-electron chi connectivity index (χ2n) is 10.0. The molecule has 39 heavy (non-hydrogen) atoms. The number of amides is 2. The molecule has 9 heteroatoms. The number of hydrogen-bond donors (Lipinski definition) is 3. The maximum absolute atomic E-state index is 13.4. The summed E-state index contributed by atoms with van der Waals surface area (Å²) in [5.41, 5.74) is 3.11. The Morgan fingerprint density at radius 3 is 2.28 bits per heavy atom. The van der Waals surface area contributed by atoms with Crippen LogP contribution in [-0.4, -0.2) is 33.4 Å². The Hall–Kier alpha value is -4.79. The van der Waals surface area contributed by atoms with Crippen LogP contribution in [0.25, 0.3) is 22.5 Å². The molecule has 0 aliphatic rings.